The van der Waals surface area contributed by atoms with Crippen LogP contribution < -0.4 is 0 Å². The first-order valence-corrected chi connectivity index (χ1v) is 17.5. The normalized spacial score (nSPS) is 18.9. The molecule has 1 saturated heterocycles. The van der Waals surface area contributed by atoms with Gasteiger partial charge in [-0.05, 0) is 82.3 Å². The van der Waals surface area contributed by atoms with Crippen molar-refractivity contribution in [1.82, 2.24) is 34.6 Å². The maximum Gasteiger partial charge on any atom is 0.416 e. The molecular formula is C33H38F3N7O3S. The molecule has 47 heavy (non-hydrogen) atoms. The Hall–Kier alpha value is -4.04. The summed E-state index contributed by atoms with van der Waals surface area (Å²) < 4.78 is 67.9. The van der Waals surface area contributed by atoms with Gasteiger partial charge in [0.25, 0.3) is 5.91 Å². The fourth-order valence-corrected chi connectivity index (χ4v) is 7.53. The third-order valence-electron chi connectivity index (χ3n) is 9.10. The van der Waals surface area contributed by atoms with E-state index in [1.54, 1.807) is 6.20 Å². The Kier molecular flexibility index (Phi) is 8.54. The van der Waals surface area contributed by atoms with Crippen molar-refractivity contribution in [1.29, 1.82) is 0 Å². The number of hydrogen-bond acceptors (Lipinski definition) is 7. The van der Waals surface area contributed by atoms with Gasteiger partial charge in [0, 0.05) is 49.2 Å². The minimum absolute atomic E-state index is 0.0110. The Balaban J connectivity index is 1.15. The van der Waals surface area contributed by atoms with E-state index in [1.807, 2.05) is 9.58 Å². The Morgan fingerprint density at radius 1 is 1.00 bits per heavy atom. The summed E-state index contributed by atoms with van der Waals surface area (Å²) in [5.41, 5.74) is 5.70. The molecule has 6 rings (SSSR count). The molecule has 1 aliphatic heterocycles. The molecule has 0 saturated carbocycles. The van der Waals surface area contributed by atoms with Gasteiger partial charge in [0.05, 0.1) is 34.6 Å². The van der Waals surface area contributed by atoms with Gasteiger partial charge in [-0.3, -0.25) is 9.69 Å². The van der Waals surface area contributed by atoms with Crippen LogP contribution in [-0.4, -0.2) is 80.3 Å². The Morgan fingerprint density at radius 3 is 2.38 bits per heavy atom. The second-order valence-corrected chi connectivity index (χ2v) is 15.0. The van der Waals surface area contributed by atoms with Gasteiger partial charge < -0.3 is 4.90 Å². The van der Waals surface area contributed by atoms with Crippen molar-refractivity contribution in [3.63, 3.8) is 0 Å². The average molecular weight is 670 g/mol. The van der Waals surface area contributed by atoms with E-state index in [-0.39, 0.29) is 30.1 Å². The maximum atomic E-state index is 13.9. The van der Waals surface area contributed by atoms with Crippen molar-refractivity contribution >= 4 is 15.7 Å². The van der Waals surface area contributed by atoms with Crippen LogP contribution >= 0.6 is 0 Å². The van der Waals surface area contributed by atoms with Gasteiger partial charge in [-0.25, -0.2) is 17.8 Å². The summed E-state index contributed by atoms with van der Waals surface area (Å²) >= 11 is 0. The predicted molar refractivity (Wildman–Crippen MR) is 169 cm³/mol. The lowest BCUT2D eigenvalue weighted by atomic mass is 10.1. The van der Waals surface area contributed by atoms with Crippen molar-refractivity contribution in [3.05, 3.63) is 87.5 Å². The van der Waals surface area contributed by atoms with Crippen LogP contribution in [0.15, 0.2) is 47.5 Å². The second-order valence-electron chi connectivity index (χ2n) is 13.0. The van der Waals surface area contributed by atoms with Crippen LogP contribution in [0.25, 0.3) is 5.69 Å². The molecule has 1 fully saturated rings. The summed E-state index contributed by atoms with van der Waals surface area (Å²) in [7, 11) is -3.86. The Bertz CT molecular complexity index is 1940. The van der Waals surface area contributed by atoms with Gasteiger partial charge in [-0.15, -0.1) is 5.10 Å². The highest BCUT2D eigenvalue weighted by molar-refractivity contribution is 7.90. The number of benzene rings is 2. The molecule has 3 heterocycles. The number of nitrogens with zero attached hydrogens (tertiary/aromatic N) is 7. The van der Waals surface area contributed by atoms with E-state index in [4.69, 9.17) is 5.10 Å². The van der Waals surface area contributed by atoms with Crippen LogP contribution in [0.2, 0.25) is 0 Å². The minimum Gasteiger partial charge on any atom is -0.334 e. The lowest BCUT2D eigenvalue weighted by Crippen LogP contribution is -2.57. The number of hydrogen-bond donors (Lipinski definition) is 0. The van der Waals surface area contributed by atoms with Gasteiger partial charge in [-0.2, -0.15) is 18.3 Å². The smallest absolute Gasteiger partial charge is 0.334 e. The number of rotatable bonds is 7. The van der Waals surface area contributed by atoms with Gasteiger partial charge in [0.1, 0.15) is 0 Å². The molecule has 0 bridgehead atoms. The van der Waals surface area contributed by atoms with E-state index in [0.717, 1.165) is 54.1 Å². The van der Waals surface area contributed by atoms with E-state index >= 15 is 0 Å². The van der Waals surface area contributed by atoms with Crippen LogP contribution in [-0.2, 0) is 41.9 Å². The molecule has 0 radical (unpaired) electrons. The number of aromatic nitrogens is 5. The molecule has 2 aromatic carbocycles. The molecule has 2 atom stereocenters. The molecule has 0 unspecified atom stereocenters. The first kappa shape index (κ1) is 32.9. The SMILES string of the molecule is Cc1ccc(-n2nc(C(=O)N3C[C@@H](C)N(Cc4cn(Cc5cc(C(F)(F)F)cc(S(C)(=O)=O)c5)nn4)[C@@H](C)C3)c3c2CCC3)c(C)c1. The third-order valence-corrected chi connectivity index (χ3v) is 10.2. The molecule has 1 aliphatic carbocycles. The highest BCUT2D eigenvalue weighted by Gasteiger charge is 2.36. The number of carbonyl (C=O) groups is 1. The summed E-state index contributed by atoms with van der Waals surface area (Å²) in [6, 6.07) is 9.03. The zero-order valence-corrected chi connectivity index (χ0v) is 27.9. The molecule has 2 aliphatic rings. The summed E-state index contributed by atoms with van der Waals surface area (Å²) in [5, 5.41) is 13.2. The number of carbonyl (C=O) groups excluding carboxylic acids is 1. The van der Waals surface area contributed by atoms with Crippen molar-refractivity contribution in [2.75, 3.05) is 19.3 Å². The second kappa shape index (κ2) is 12.2. The predicted octanol–water partition coefficient (Wildman–Crippen LogP) is 4.77. The van der Waals surface area contributed by atoms with Crippen molar-refractivity contribution < 1.29 is 26.4 Å². The quantitative estimate of drug-likeness (QED) is 0.279. The van der Waals surface area contributed by atoms with Gasteiger partial charge >= 0.3 is 6.18 Å². The van der Waals surface area contributed by atoms with Crippen molar-refractivity contribution in [2.45, 2.75) is 83.2 Å². The van der Waals surface area contributed by atoms with Gasteiger partial charge in [-0.1, -0.05) is 22.9 Å². The number of alkyl halides is 3. The van der Waals surface area contributed by atoms with E-state index < -0.39 is 26.5 Å². The fourth-order valence-electron chi connectivity index (χ4n) is 6.83. The molecule has 10 nitrogen and oxygen atoms in total. The number of fused-ring (bicyclic) bond motifs is 1. The summed E-state index contributed by atoms with van der Waals surface area (Å²) in [5.74, 6) is -0.0643. The average Bonchev–Trinajstić information content (AvgIpc) is 3.71. The molecule has 4 aromatic rings. The molecule has 1 amide bonds. The van der Waals surface area contributed by atoms with Crippen LogP contribution in [0, 0.1) is 13.8 Å². The lowest BCUT2D eigenvalue weighted by Gasteiger charge is -2.44. The lowest BCUT2D eigenvalue weighted by molar-refractivity contribution is -0.137. The standard InChI is InChI=1S/C33H38F3N7O3S/c1-20-9-10-29(21(2)11-20)43-30-8-6-7-28(30)31(38-43)32(44)40-15-22(3)42(23(4)16-40)19-26-18-41(39-37-26)17-24-12-25(33(34,35)36)14-27(13-24)47(5,45)46/h9-14,18,22-23H,6-8,15-17,19H2,1-5H3/t22-,23+. The number of aryl methyl sites for hydroxylation is 2. The van der Waals surface area contributed by atoms with Crippen LogP contribution in [0.3, 0.4) is 0 Å². The third kappa shape index (κ3) is 6.71. The summed E-state index contributed by atoms with van der Waals surface area (Å²) in [4.78, 5) is 17.6. The zero-order chi connectivity index (χ0) is 33.8. The van der Waals surface area contributed by atoms with Crippen LogP contribution in [0.1, 0.15) is 70.0 Å². The molecule has 2 aromatic heterocycles. The molecule has 250 valence electrons. The van der Waals surface area contributed by atoms with Gasteiger partial charge in [0.2, 0.25) is 0 Å². The molecule has 0 spiro atoms. The van der Waals surface area contributed by atoms with E-state index in [1.165, 1.54) is 16.3 Å². The topological polar surface area (TPSA) is 106 Å². The van der Waals surface area contributed by atoms with E-state index in [0.29, 0.717) is 37.1 Å². The first-order valence-electron chi connectivity index (χ1n) is 15.6. The number of amides is 1. The Morgan fingerprint density at radius 2 is 1.72 bits per heavy atom. The fraction of sp³-hybridized carbons (Fsp3) is 0.455. The zero-order valence-electron chi connectivity index (χ0n) is 27.0. The molecular weight excluding hydrogens is 631 g/mol. The first-order chi connectivity index (χ1) is 22.1. The van der Waals surface area contributed by atoms with E-state index in [9.17, 15) is 26.4 Å². The van der Waals surface area contributed by atoms with Crippen LogP contribution in [0.5, 0.6) is 0 Å². The minimum atomic E-state index is -4.70. The molecule has 0 N–H and O–H groups in total. The van der Waals surface area contributed by atoms with Crippen LogP contribution in [0.4, 0.5) is 13.2 Å². The summed E-state index contributed by atoms with van der Waals surface area (Å²) in [6.45, 7) is 9.57. The monoisotopic (exact) mass is 669 g/mol. The summed E-state index contributed by atoms with van der Waals surface area (Å²) in [6.07, 6.45) is 0.543. The van der Waals surface area contributed by atoms with E-state index in [2.05, 4.69) is 61.1 Å². The highest BCUT2D eigenvalue weighted by atomic mass is 32.2. The number of halogens is 3. The van der Waals surface area contributed by atoms with Crippen molar-refractivity contribution in [3.8, 4) is 5.69 Å². The number of piperazine rings is 1. The Labute approximate surface area is 272 Å². The highest BCUT2D eigenvalue weighted by Crippen LogP contribution is 2.33. The van der Waals surface area contributed by atoms with Crippen molar-refractivity contribution in [2.24, 2.45) is 0 Å². The molecule has 14 heteroatoms. The largest absolute Gasteiger partial charge is 0.416 e. The number of sulfone groups is 1. The van der Waals surface area contributed by atoms with Gasteiger partial charge in [0.15, 0.2) is 15.5 Å². The maximum absolute atomic E-state index is 13.9.